The molecule has 2 amide bonds. The van der Waals surface area contributed by atoms with Crippen molar-refractivity contribution in [3.8, 4) is 0 Å². The van der Waals surface area contributed by atoms with Gasteiger partial charge in [-0.2, -0.15) is 0 Å². The molecule has 36 heavy (non-hydrogen) atoms. The zero-order valence-electron chi connectivity index (χ0n) is 20.6. The summed E-state index contributed by atoms with van der Waals surface area (Å²) in [6.07, 6.45) is 2.37. The van der Waals surface area contributed by atoms with Gasteiger partial charge in [-0.3, -0.25) is 24.0 Å². The minimum absolute atomic E-state index is 0.0462. The van der Waals surface area contributed by atoms with Crippen LogP contribution in [0.15, 0.2) is 40.7 Å². The number of sulfonamides is 1. The van der Waals surface area contributed by atoms with E-state index in [2.05, 4.69) is 14.6 Å². The van der Waals surface area contributed by atoms with Gasteiger partial charge in [-0.15, -0.1) is 11.3 Å². The molecule has 10 nitrogen and oxygen atoms in total. The van der Waals surface area contributed by atoms with Gasteiger partial charge in [0.25, 0.3) is 15.9 Å². The van der Waals surface area contributed by atoms with Gasteiger partial charge in [-0.1, -0.05) is 20.8 Å². The number of nitrogens with one attached hydrogen (secondary N) is 1. The van der Waals surface area contributed by atoms with Gasteiger partial charge >= 0.3 is 0 Å². The molecular weight excluding hydrogens is 502 g/mol. The zero-order chi connectivity index (χ0) is 26.1. The van der Waals surface area contributed by atoms with Crippen LogP contribution in [-0.4, -0.2) is 79.6 Å². The summed E-state index contributed by atoms with van der Waals surface area (Å²) in [6.45, 7) is 8.19. The second-order valence-corrected chi connectivity index (χ2v) is 12.8. The third-order valence-corrected chi connectivity index (χ3v) is 8.43. The average molecular weight is 534 g/mol. The van der Waals surface area contributed by atoms with Crippen molar-refractivity contribution in [3.63, 3.8) is 0 Å². The third kappa shape index (κ3) is 5.93. The van der Waals surface area contributed by atoms with Crippen LogP contribution in [0.1, 0.15) is 33.6 Å². The highest BCUT2D eigenvalue weighted by Gasteiger charge is 2.39. The number of carbonyl (C=O) groups excluding carboxylic acids is 3. The number of hydrogen-bond acceptors (Lipinski definition) is 8. The lowest BCUT2D eigenvalue weighted by Gasteiger charge is -2.37. The van der Waals surface area contributed by atoms with E-state index in [1.54, 1.807) is 27.3 Å². The molecule has 4 rings (SSSR count). The van der Waals surface area contributed by atoms with Crippen LogP contribution in [-0.2, 0) is 24.4 Å². The number of hydrogen-bond donors (Lipinski definition) is 1. The second kappa shape index (κ2) is 10.3. The maximum atomic E-state index is 13.2. The standard InChI is InChI=1S/C24H31N5O5S2/c1-24(2,3)16-20(30)22(32)28-13-11-27(12-14-28)19-8-10-29(21(19)31)17-4-6-18(7-5-17)36(33,34)26-23-25-9-15-35-23/h4-7,9,15,19H,8,10-14,16H2,1-3H3,(H,25,26)/t19-/m0/s1. The van der Waals surface area contributed by atoms with Crippen LogP contribution in [0, 0.1) is 5.41 Å². The van der Waals surface area contributed by atoms with E-state index in [1.807, 2.05) is 20.8 Å². The predicted molar refractivity (Wildman–Crippen MR) is 137 cm³/mol. The molecule has 0 unspecified atom stereocenters. The highest BCUT2D eigenvalue weighted by atomic mass is 32.2. The van der Waals surface area contributed by atoms with Gasteiger partial charge < -0.3 is 9.80 Å². The van der Waals surface area contributed by atoms with Crippen LogP contribution < -0.4 is 9.62 Å². The smallest absolute Gasteiger partial charge is 0.290 e. The molecule has 0 bridgehead atoms. The normalized spacial score (nSPS) is 19.5. The molecule has 1 aromatic heterocycles. The number of benzene rings is 1. The number of ketones is 1. The van der Waals surface area contributed by atoms with Gasteiger partial charge in [0.2, 0.25) is 11.7 Å². The maximum Gasteiger partial charge on any atom is 0.290 e. The molecule has 0 saturated carbocycles. The summed E-state index contributed by atoms with van der Waals surface area (Å²) < 4.78 is 27.6. The molecule has 0 spiro atoms. The van der Waals surface area contributed by atoms with E-state index in [-0.39, 0.29) is 39.6 Å². The first-order valence-corrected chi connectivity index (χ1v) is 14.2. The number of thiazole rings is 1. The fraction of sp³-hybridized carbons (Fsp3) is 0.500. The molecule has 2 saturated heterocycles. The Bertz CT molecular complexity index is 1210. The van der Waals surface area contributed by atoms with Crippen LogP contribution in [0.3, 0.4) is 0 Å². The van der Waals surface area contributed by atoms with Crippen LogP contribution in [0.4, 0.5) is 10.8 Å². The highest BCUT2D eigenvalue weighted by molar-refractivity contribution is 7.93. The molecule has 0 radical (unpaired) electrons. The van der Waals surface area contributed by atoms with Crippen LogP contribution >= 0.6 is 11.3 Å². The minimum atomic E-state index is -3.76. The summed E-state index contributed by atoms with van der Waals surface area (Å²) in [5.74, 6) is -0.857. The first-order valence-electron chi connectivity index (χ1n) is 11.8. The Labute approximate surface area is 215 Å². The molecule has 2 aromatic rings. The fourth-order valence-electron chi connectivity index (χ4n) is 4.48. The first kappa shape index (κ1) is 26.2. The minimum Gasteiger partial charge on any atom is -0.334 e. The summed E-state index contributed by atoms with van der Waals surface area (Å²) in [4.78, 5) is 47.4. The lowest BCUT2D eigenvalue weighted by molar-refractivity contribution is -0.147. The molecule has 1 aromatic carbocycles. The van der Waals surface area contributed by atoms with E-state index in [4.69, 9.17) is 0 Å². The Morgan fingerprint density at radius 3 is 2.33 bits per heavy atom. The molecule has 2 fully saturated rings. The summed E-state index contributed by atoms with van der Waals surface area (Å²) in [5, 5.41) is 1.97. The monoisotopic (exact) mass is 533 g/mol. The average Bonchev–Trinajstić information content (AvgIpc) is 3.47. The first-order chi connectivity index (χ1) is 16.9. The van der Waals surface area contributed by atoms with Crippen molar-refractivity contribution in [1.82, 2.24) is 14.8 Å². The van der Waals surface area contributed by atoms with Gasteiger partial charge in [-0.25, -0.2) is 13.4 Å². The van der Waals surface area contributed by atoms with Gasteiger partial charge in [-0.05, 0) is 36.1 Å². The number of carbonyl (C=O) groups is 3. The molecular formula is C24H31N5O5S2. The van der Waals surface area contributed by atoms with Crippen molar-refractivity contribution in [2.45, 2.75) is 44.6 Å². The Morgan fingerprint density at radius 2 is 1.75 bits per heavy atom. The Kier molecular flexibility index (Phi) is 7.48. The Balaban J connectivity index is 1.34. The largest absolute Gasteiger partial charge is 0.334 e. The van der Waals surface area contributed by atoms with E-state index in [9.17, 15) is 22.8 Å². The maximum absolute atomic E-state index is 13.2. The number of amides is 2. The van der Waals surface area contributed by atoms with Crippen molar-refractivity contribution in [2.75, 3.05) is 42.3 Å². The molecule has 2 aliphatic rings. The van der Waals surface area contributed by atoms with Gasteiger partial charge in [0.05, 0.1) is 10.9 Å². The summed E-state index contributed by atoms with van der Waals surface area (Å²) in [6, 6.07) is 5.92. The molecule has 0 aliphatic carbocycles. The summed E-state index contributed by atoms with van der Waals surface area (Å²) >= 11 is 1.19. The van der Waals surface area contributed by atoms with Gasteiger partial charge in [0, 0.05) is 56.4 Å². The Morgan fingerprint density at radius 1 is 1.08 bits per heavy atom. The van der Waals surface area contributed by atoms with E-state index >= 15 is 0 Å². The highest BCUT2D eigenvalue weighted by Crippen LogP contribution is 2.27. The summed E-state index contributed by atoms with van der Waals surface area (Å²) in [5.41, 5.74) is 0.395. The van der Waals surface area contributed by atoms with Crippen LogP contribution in [0.5, 0.6) is 0 Å². The number of aromatic nitrogens is 1. The van der Waals surface area contributed by atoms with Crippen molar-refractivity contribution in [2.24, 2.45) is 5.41 Å². The van der Waals surface area contributed by atoms with Crippen LogP contribution in [0.25, 0.3) is 0 Å². The van der Waals surface area contributed by atoms with E-state index in [0.29, 0.717) is 44.8 Å². The Hall–Kier alpha value is -2.83. The van der Waals surface area contributed by atoms with Crippen LogP contribution in [0.2, 0.25) is 0 Å². The van der Waals surface area contributed by atoms with Gasteiger partial charge in [0.1, 0.15) is 0 Å². The van der Waals surface area contributed by atoms with E-state index in [0.717, 1.165) is 0 Å². The van der Waals surface area contributed by atoms with E-state index < -0.39 is 15.9 Å². The molecule has 1 N–H and O–H groups in total. The quantitative estimate of drug-likeness (QED) is 0.542. The van der Waals surface area contributed by atoms with Gasteiger partial charge in [0.15, 0.2) is 5.13 Å². The van der Waals surface area contributed by atoms with Crippen molar-refractivity contribution < 1.29 is 22.8 Å². The van der Waals surface area contributed by atoms with Crippen molar-refractivity contribution in [3.05, 3.63) is 35.8 Å². The number of Topliss-reactive ketones (excluding diaryl/α,β-unsaturated/α-hetero) is 1. The number of rotatable bonds is 7. The van der Waals surface area contributed by atoms with E-state index in [1.165, 1.54) is 29.7 Å². The third-order valence-electron chi connectivity index (χ3n) is 6.26. The fourth-order valence-corrected chi connectivity index (χ4v) is 6.27. The molecule has 194 valence electrons. The molecule has 2 aliphatic heterocycles. The number of nitrogens with zero attached hydrogens (tertiary/aromatic N) is 4. The second-order valence-electron chi connectivity index (χ2n) is 10.2. The number of piperazine rings is 1. The molecule has 12 heteroatoms. The molecule has 1 atom stereocenters. The number of anilines is 2. The van der Waals surface area contributed by atoms with Crippen molar-refractivity contribution >= 4 is 49.8 Å². The lowest BCUT2D eigenvalue weighted by Crippen LogP contribution is -2.55. The summed E-state index contributed by atoms with van der Waals surface area (Å²) in [7, 11) is -3.76. The topological polar surface area (TPSA) is 120 Å². The predicted octanol–water partition coefficient (Wildman–Crippen LogP) is 2.20. The SMILES string of the molecule is CC(C)(C)CC(=O)C(=O)N1CCN([C@H]2CCN(c3ccc(S(=O)(=O)Nc4nccs4)cc3)C2=O)CC1. The lowest BCUT2D eigenvalue weighted by atomic mass is 9.89. The zero-order valence-corrected chi connectivity index (χ0v) is 22.3. The van der Waals surface area contributed by atoms with Crippen molar-refractivity contribution in [1.29, 1.82) is 0 Å². The molecule has 3 heterocycles.